The first-order chi connectivity index (χ1) is 14.6. The summed E-state index contributed by atoms with van der Waals surface area (Å²) in [6, 6.07) is 13.2. The highest BCUT2D eigenvalue weighted by molar-refractivity contribution is 14.1. The highest BCUT2D eigenvalue weighted by atomic mass is 127. The van der Waals surface area contributed by atoms with Crippen LogP contribution in [0.15, 0.2) is 48.5 Å². The zero-order valence-electron chi connectivity index (χ0n) is 17.8. The van der Waals surface area contributed by atoms with Crippen molar-refractivity contribution in [2.45, 2.75) is 19.5 Å². The molecule has 2 aromatic rings. The minimum Gasteiger partial charge on any atom is -0.497 e. The molecular formula is C21H26IN3O5S. The number of likely N-dealkylation sites (N-methyl/N-ethyl adjacent to an activating group) is 1. The van der Waals surface area contributed by atoms with Crippen LogP contribution in [0.2, 0.25) is 0 Å². The number of ether oxygens (including phenoxy) is 1. The van der Waals surface area contributed by atoms with Gasteiger partial charge in [-0.15, -0.1) is 0 Å². The number of rotatable bonds is 9. The number of methoxy groups -OCH3 is 1. The van der Waals surface area contributed by atoms with Gasteiger partial charge in [-0.05, 0) is 71.5 Å². The van der Waals surface area contributed by atoms with E-state index in [0.29, 0.717) is 11.4 Å². The zero-order valence-corrected chi connectivity index (χ0v) is 20.8. The largest absolute Gasteiger partial charge is 0.497 e. The molecule has 1 atom stereocenters. The number of halogens is 1. The summed E-state index contributed by atoms with van der Waals surface area (Å²) >= 11 is 2.12. The molecule has 0 radical (unpaired) electrons. The van der Waals surface area contributed by atoms with E-state index in [-0.39, 0.29) is 12.5 Å². The molecule has 0 aliphatic heterocycles. The van der Waals surface area contributed by atoms with Gasteiger partial charge in [0.1, 0.15) is 18.3 Å². The highest BCUT2D eigenvalue weighted by Crippen LogP contribution is 2.21. The Kier molecular flexibility index (Phi) is 8.69. The van der Waals surface area contributed by atoms with Gasteiger partial charge in [0, 0.05) is 17.2 Å². The van der Waals surface area contributed by atoms with Gasteiger partial charge in [0.05, 0.1) is 19.1 Å². The normalized spacial score (nSPS) is 12.0. The van der Waals surface area contributed by atoms with Gasteiger partial charge in [0.25, 0.3) is 0 Å². The summed E-state index contributed by atoms with van der Waals surface area (Å²) in [5.74, 6) is -0.228. The first-order valence-electron chi connectivity index (χ1n) is 9.44. The molecule has 0 heterocycles. The standard InChI is InChI=1S/C21H26IN3O5S/c1-15(21(27)23-2)24(13-16-6-5-7-19(12-16)30-3)20(26)14-25(31(4,28)29)18-10-8-17(22)9-11-18/h5-12,15H,13-14H2,1-4H3,(H,23,27). The summed E-state index contributed by atoms with van der Waals surface area (Å²) in [5.41, 5.74) is 1.13. The van der Waals surface area contributed by atoms with Gasteiger partial charge in [-0.25, -0.2) is 8.42 Å². The Morgan fingerprint density at radius 1 is 1.16 bits per heavy atom. The van der Waals surface area contributed by atoms with Crippen LogP contribution in [-0.4, -0.2) is 58.1 Å². The fraction of sp³-hybridized carbons (Fsp3) is 0.333. The minimum atomic E-state index is -3.73. The maximum atomic E-state index is 13.3. The second kappa shape index (κ2) is 10.8. The van der Waals surface area contributed by atoms with Gasteiger partial charge in [0.2, 0.25) is 21.8 Å². The predicted molar refractivity (Wildman–Crippen MR) is 128 cm³/mol. The van der Waals surface area contributed by atoms with Gasteiger partial charge in [0.15, 0.2) is 0 Å². The van der Waals surface area contributed by atoms with Crippen molar-refractivity contribution in [1.82, 2.24) is 10.2 Å². The smallest absolute Gasteiger partial charge is 0.244 e. The summed E-state index contributed by atoms with van der Waals surface area (Å²) in [6.07, 6.45) is 1.05. The van der Waals surface area contributed by atoms with E-state index in [1.54, 1.807) is 56.5 Å². The van der Waals surface area contributed by atoms with Gasteiger partial charge < -0.3 is 15.0 Å². The van der Waals surface area contributed by atoms with Crippen LogP contribution >= 0.6 is 22.6 Å². The molecule has 168 valence electrons. The molecule has 2 amide bonds. The molecule has 0 aromatic heterocycles. The Labute approximate surface area is 196 Å². The fourth-order valence-electron chi connectivity index (χ4n) is 2.98. The molecule has 0 spiro atoms. The third kappa shape index (κ3) is 6.82. The molecule has 1 N–H and O–H groups in total. The predicted octanol–water partition coefficient (Wildman–Crippen LogP) is 2.23. The van der Waals surface area contributed by atoms with E-state index < -0.39 is 28.5 Å². The number of sulfonamides is 1. The van der Waals surface area contributed by atoms with E-state index in [4.69, 9.17) is 4.74 Å². The quantitative estimate of drug-likeness (QED) is 0.476. The topological polar surface area (TPSA) is 96.0 Å². The van der Waals surface area contributed by atoms with E-state index in [2.05, 4.69) is 27.9 Å². The lowest BCUT2D eigenvalue weighted by Crippen LogP contribution is -2.50. The van der Waals surface area contributed by atoms with Crippen LogP contribution < -0.4 is 14.4 Å². The van der Waals surface area contributed by atoms with Gasteiger partial charge in [-0.2, -0.15) is 0 Å². The Hall–Kier alpha value is -2.34. The Morgan fingerprint density at radius 3 is 2.35 bits per heavy atom. The lowest BCUT2D eigenvalue weighted by Gasteiger charge is -2.31. The molecule has 8 nitrogen and oxygen atoms in total. The Balaban J connectivity index is 2.37. The summed E-state index contributed by atoms with van der Waals surface area (Å²) in [7, 11) is -0.702. The van der Waals surface area contributed by atoms with Crippen molar-refractivity contribution >= 4 is 50.1 Å². The number of hydrogen-bond donors (Lipinski definition) is 1. The first-order valence-corrected chi connectivity index (χ1v) is 12.4. The Morgan fingerprint density at radius 2 is 1.81 bits per heavy atom. The van der Waals surface area contributed by atoms with Crippen molar-refractivity contribution in [2.24, 2.45) is 0 Å². The molecule has 0 bridgehead atoms. The van der Waals surface area contributed by atoms with Crippen molar-refractivity contribution in [2.75, 3.05) is 31.3 Å². The average Bonchev–Trinajstić information content (AvgIpc) is 2.74. The lowest BCUT2D eigenvalue weighted by atomic mass is 10.1. The molecule has 10 heteroatoms. The van der Waals surface area contributed by atoms with E-state index in [0.717, 1.165) is 19.7 Å². The van der Waals surface area contributed by atoms with Gasteiger partial charge in [-0.3, -0.25) is 13.9 Å². The van der Waals surface area contributed by atoms with Crippen LogP contribution in [0.3, 0.4) is 0 Å². The molecule has 0 saturated carbocycles. The van der Waals surface area contributed by atoms with Gasteiger partial charge >= 0.3 is 0 Å². The fourth-order valence-corrected chi connectivity index (χ4v) is 4.19. The third-order valence-electron chi connectivity index (χ3n) is 4.69. The SMILES string of the molecule is CNC(=O)C(C)N(Cc1cccc(OC)c1)C(=O)CN(c1ccc(I)cc1)S(C)(=O)=O. The van der Waals surface area contributed by atoms with Crippen LogP contribution in [0.25, 0.3) is 0 Å². The number of carbonyl (C=O) groups excluding carboxylic acids is 2. The summed E-state index contributed by atoms with van der Waals surface area (Å²) in [5, 5.41) is 2.54. The highest BCUT2D eigenvalue weighted by Gasteiger charge is 2.29. The summed E-state index contributed by atoms with van der Waals surface area (Å²) < 4.78 is 32.1. The van der Waals surface area contributed by atoms with Gasteiger partial charge in [-0.1, -0.05) is 12.1 Å². The van der Waals surface area contributed by atoms with E-state index in [9.17, 15) is 18.0 Å². The number of nitrogens with one attached hydrogen (secondary N) is 1. The molecule has 2 rings (SSSR count). The maximum absolute atomic E-state index is 13.3. The van der Waals surface area contributed by atoms with Crippen LogP contribution in [0.5, 0.6) is 5.75 Å². The molecule has 2 aromatic carbocycles. The molecule has 0 saturated heterocycles. The third-order valence-corrected chi connectivity index (χ3v) is 6.55. The summed E-state index contributed by atoms with van der Waals surface area (Å²) in [6.45, 7) is 1.30. The number of hydrogen-bond acceptors (Lipinski definition) is 5. The number of anilines is 1. The number of amides is 2. The van der Waals surface area contributed by atoms with Crippen LogP contribution in [-0.2, 0) is 26.2 Å². The van der Waals surface area contributed by atoms with Crippen LogP contribution in [0.1, 0.15) is 12.5 Å². The first kappa shape index (κ1) is 24.9. The second-order valence-electron chi connectivity index (χ2n) is 6.91. The van der Waals surface area contributed by atoms with Crippen molar-refractivity contribution in [3.63, 3.8) is 0 Å². The van der Waals surface area contributed by atoms with Crippen molar-refractivity contribution in [3.8, 4) is 5.75 Å². The molecule has 31 heavy (non-hydrogen) atoms. The average molecular weight is 559 g/mol. The monoisotopic (exact) mass is 559 g/mol. The van der Waals surface area contributed by atoms with Crippen molar-refractivity contribution < 1.29 is 22.7 Å². The van der Waals surface area contributed by atoms with Crippen molar-refractivity contribution in [1.29, 1.82) is 0 Å². The number of nitrogens with zero attached hydrogens (tertiary/aromatic N) is 2. The number of carbonyl (C=O) groups is 2. The zero-order chi connectivity index (χ0) is 23.2. The maximum Gasteiger partial charge on any atom is 0.244 e. The molecular weight excluding hydrogens is 533 g/mol. The van der Waals surface area contributed by atoms with E-state index in [1.807, 2.05) is 6.07 Å². The second-order valence-corrected chi connectivity index (χ2v) is 10.1. The van der Waals surface area contributed by atoms with Crippen molar-refractivity contribution in [3.05, 3.63) is 57.7 Å². The molecule has 0 aliphatic carbocycles. The Bertz CT molecular complexity index is 1030. The molecule has 0 aliphatic rings. The summed E-state index contributed by atoms with van der Waals surface area (Å²) in [4.78, 5) is 26.9. The van der Waals surface area contributed by atoms with E-state index in [1.165, 1.54) is 11.9 Å². The van der Waals surface area contributed by atoms with E-state index >= 15 is 0 Å². The lowest BCUT2D eigenvalue weighted by molar-refractivity contribution is -0.139. The molecule has 0 fully saturated rings. The van der Waals surface area contributed by atoms with Crippen LogP contribution in [0, 0.1) is 3.57 Å². The minimum absolute atomic E-state index is 0.120. The van der Waals surface area contributed by atoms with Crippen LogP contribution in [0.4, 0.5) is 5.69 Å². The number of benzene rings is 2. The molecule has 1 unspecified atom stereocenters.